The minimum atomic E-state index is -3.50. The molecular weight excluding hydrogens is 286 g/mol. The molecule has 3 rings (SSSR count). The fraction of sp³-hybridized carbons (Fsp3) is 0.417. The molecule has 1 unspecified atom stereocenters. The van der Waals surface area contributed by atoms with E-state index in [-0.39, 0.29) is 12.4 Å². The molecule has 19 heavy (non-hydrogen) atoms. The molecule has 1 aromatic rings. The van der Waals surface area contributed by atoms with Crippen molar-refractivity contribution in [1.29, 1.82) is 0 Å². The molecule has 104 valence electrons. The Morgan fingerprint density at radius 3 is 2.84 bits per heavy atom. The lowest BCUT2D eigenvalue weighted by atomic mass is 10.1. The van der Waals surface area contributed by atoms with Gasteiger partial charge in [0.05, 0.1) is 0 Å². The Hall–Kier alpha value is -1.11. The van der Waals surface area contributed by atoms with Crippen LogP contribution in [0.5, 0.6) is 0 Å². The number of nitrogens with one attached hydrogen (secondary N) is 1. The molecule has 0 spiro atoms. The minimum absolute atomic E-state index is 0. The van der Waals surface area contributed by atoms with Gasteiger partial charge in [0.1, 0.15) is 4.90 Å². The molecule has 0 bridgehead atoms. The Kier molecular flexibility index (Phi) is 3.85. The van der Waals surface area contributed by atoms with Crippen LogP contribution in [0, 0.1) is 0 Å². The maximum Gasteiger partial charge on any atom is 0.285 e. The monoisotopic (exact) mass is 301 g/mol. The zero-order valence-electron chi connectivity index (χ0n) is 10.5. The summed E-state index contributed by atoms with van der Waals surface area (Å²) < 4.78 is 27.8. The average Bonchev–Trinajstić information content (AvgIpc) is 2.63. The molecule has 2 aliphatic heterocycles. The maximum absolute atomic E-state index is 12.0. The summed E-state index contributed by atoms with van der Waals surface area (Å²) in [5.74, 6) is 0.596. The number of benzene rings is 1. The Balaban J connectivity index is 0.00000133. The summed E-state index contributed by atoms with van der Waals surface area (Å²) in [4.78, 5) is 2.37. The van der Waals surface area contributed by atoms with Gasteiger partial charge in [0.2, 0.25) is 0 Å². The van der Waals surface area contributed by atoms with Gasteiger partial charge < -0.3 is 10.2 Å². The molecular formula is C12H16ClN3O2S. The van der Waals surface area contributed by atoms with E-state index in [0.717, 1.165) is 25.2 Å². The Morgan fingerprint density at radius 1 is 1.37 bits per heavy atom. The molecule has 1 atom stereocenters. The van der Waals surface area contributed by atoms with E-state index in [1.807, 2.05) is 17.0 Å². The number of hydrogen-bond acceptors (Lipinski definition) is 4. The SMILES string of the molecule is CC1CN(C2=NS(=O)(=O)c3ccccc32)CCN1.Cl. The summed E-state index contributed by atoms with van der Waals surface area (Å²) in [5.41, 5.74) is 0.728. The molecule has 7 heteroatoms. The number of nitrogens with zero attached hydrogens (tertiary/aromatic N) is 2. The van der Waals surface area contributed by atoms with Crippen LogP contribution in [-0.4, -0.2) is 44.8 Å². The van der Waals surface area contributed by atoms with Crippen LogP contribution in [0.1, 0.15) is 12.5 Å². The quantitative estimate of drug-likeness (QED) is 0.772. The third kappa shape index (κ3) is 2.48. The molecule has 5 nitrogen and oxygen atoms in total. The number of hydrogen-bond donors (Lipinski definition) is 1. The highest BCUT2D eigenvalue weighted by Crippen LogP contribution is 2.27. The third-order valence-electron chi connectivity index (χ3n) is 3.28. The van der Waals surface area contributed by atoms with Crippen LogP contribution in [0.3, 0.4) is 0 Å². The van der Waals surface area contributed by atoms with Crippen molar-refractivity contribution in [1.82, 2.24) is 10.2 Å². The van der Waals surface area contributed by atoms with Crippen LogP contribution in [0.25, 0.3) is 0 Å². The molecule has 1 N–H and O–H groups in total. The maximum atomic E-state index is 12.0. The van der Waals surface area contributed by atoms with Crippen molar-refractivity contribution >= 4 is 28.3 Å². The van der Waals surface area contributed by atoms with Crippen molar-refractivity contribution in [3.8, 4) is 0 Å². The van der Waals surface area contributed by atoms with Gasteiger partial charge in [-0.1, -0.05) is 12.1 Å². The summed E-state index contributed by atoms with van der Waals surface area (Å²) in [5, 5.41) is 3.33. The lowest BCUT2D eigenvalue weighted by molar-refractivity contribution is 0.304. The van der Waals surface area contributed by atoms with E-state index >= 15 is 0 Å². The smallest absolute Gasteiger partial charge is 0.285 e. The highest BCUT2D eigenvalue weighted by molar-refractivity contribution is 7.90. The van der Waals surface area contributed by atoms with Gasteiger partial charge in [0, 0.05) is 31.2 Å². The molecule has 0 aliphatic carbocycles. The second-order valence-electron chi connectivity index (χ2n) is 4.69. The predicted molar refractivity (Wildman–Crippen MR) is 76.5 cm³/mol. The number of halogens is 1. The fourth-order valence-electron chi connectivity index (χ4n) is 2.44. The minimum Gasteiger partial charge on any atom is -0.353 e. The van der Waals surface area contributed by atoms with Gasteiger partial charge in [0.15, 0.2) is 5.84 Å². The van der Waals surface area contributed by atoms with Crippen LogP contribution in [0.4, 0.5) is 0 Å². The molecule has 1 aromatic carbocycles. The first kappa shape index (κ1) is 14.3. The number of rotatable bonds is 0. The molecule has 0 amide bonds. The Bertz CT molecular complexity index is 615. The molecule has 2 heterocycles. The fourth-order valence-corrected chi connectivity index (χ4v) is 3.67. The van der Waals surface area contributed by atoms with Crippen molar-refractivity contribution in [3.05, 3.63) is 29.8 Å². The van der Waals surface area contributed by atoms with E-state index in [2.05, 4.69) is 16.6 Å². The first-order valence-electron chi connectivity index (χ1n) is 6.00. The lowest BCUT2D eigenvalue weighted by Gasteiger charge is -2.33. The standard InChI is InChI=1S/C12H15N3O2S.ClH/c1-9-8-15(7-6-13-9)12-10-4-2-3-5-11(10)18(16,17)14-12;/h2-5,9,13H,6-8H2,1H3;1H. The third-order valence-corrected chi connectivity index (χ3v) is 4.61. The second kappa shape index (κ2) is 5.11. The van der Waals surface area contributed by atoms with E-state index in [1.54, 1.807) is 12.1 Å². The van der Waals surface area contributed by atoms with Gasteiger partial charge in [-0.15, -0.1) is 16.8 Å². The van der Waals surface area contributed by atoms with Crippen molar-refractivity contribution in [3.63, 3.8) is 0 Å². The van der Waals surface area contributed by atoms with Crippen molar-refractivity contribution in [2.45, 2.75) is 17.9 Å². The molecule has 0 saturated carbocycles. The summed E-state index contributed by atoms with van der Waals surface area (Å²) in [6, 6.07) is 7.37. The van der Waals surface area contributed by atoms with Gasteiger partial charge in [-0.3, -0.25) is 0 Å². The van der Waals surface area contributed by atoms with Crippen LogP contribution in [0.15, 0.2) is 33.6 Å². The van der Waals surface area contributed by atoms with E-state index in [9.17, 15) is 8.42 Å². The van der Waals surface area contributed by atoms with E-state index in [4.69, 9.17) is 0 Å². The van der Waals surface area contributed by atoms with E-state index in [0.29, 0.717) is 16.8 Å². The Morgan fingerprint density at radius 2 is 2.11 bits per heavy atom. The van der Waals surface area contributed by atoms with Crippen molar-refractivity contribution < 1.29 is 8.42 Å². The van der Waals surface area contributed by atoms with Crippen molar-refractivity contribution in [2.75, 3.05) is 19.6 Å². The number of sulfonamides is 1. The van der Waals surface area contributed by atoms with Gasteiger partial charge in [-0.05, 0) is 19.1 Å². The Labute approximate surface area is 119 Å². The molecule has 1 saturated heterocycles. The normalized spacial score (nSPS) is 24.4. The van der Waals surface area contributed by atoms with Crippen LogP contribution >= 0.6 is 12.4 Å². The predicted octanol–water partition coefficient (Wildman–Crippen LogP) is 0.851. The van der Waals surface area contributed by atoms with Gasteiger partial charge in [0.25, 0.3) is 10.0 Å². The number of fused-ring (bicyclic) bond motifs is 1. The van der Waals surface area contributed by atoms with Gasteiger partial charge in [-0.2, -0.15) is 8.42 Å². The number of amidine groups is 1. The van der Waals surface area contributed by atoms with Crippen LogP contribution in [0.2, 0.25) is 0 Å². The zero-order valence-corrected chi connectivity index (χ0v) is 12.2. The first-order valence-corrected chi connectivity index (χ1v) is 7.44. The van der Waals surface area contributed by atoms with Crippen LogP contribution in [-0.2, 0) is 10.0 Å². The summed E-state index contributed by atoms with van der Waals surface area (Å²) in [6.07, 6.45) is 0. The second-order valence-corrected chi connectivity index (χ2v) is 6.26. The lowest BCUT2D eigenvalue weighted by Crippen LogP contribution is -2.51. The summed E-state index contributed by atoms with van der Waals surface area (Å²) in [6.45, 7) is 4.50. The first-order chi connectivity index (χ1) is 8.58. The van der Waals surface area contributed by atoms with E-state index in [1.165, 1.54) is 0 Å². The molecule has 0 radical (unpaired) electrons. The highest BCUT2D eigenvalue weighted by Gasteiger charge is 2.32. The van der Waals surface area contributed by atoms with Crippen molar-refractivity contribution in [2.24, 2.45) is 4.40 Å². The number of piperazine rings is 1. The largest absolute Gasteiger partial charge is 0.353 e. The topological polar surface area (TPSA) is 61.8 Å². The van der Waals surface area contributed by atoms with Gasteiger partial charge in [-0.25, -0.2) is 0 Å². The molecule has 1 fully saturated rings. The molecule has 0 aromatic heterocycles. The van der Waals surface area contributed by atoms with E-state index < -0.39 is 10.0 Å². The highest BCUT2D eigenvalue weighted by atomic mass is 35.5. The van der Waals surface area contributed by atoms with Gasteiger partial charge >= 0.3 is 0 Å². The summed E-state index contributed by atoms with van der Waals surface area (Å²) >= 11 is 0. The summed E-state index contributed by atoms with van der Waals surface area (Å²) in [7, 11) is -3.50. The zero-order chi connectivity index (χ0) is 12.8. The molecule has 2 aliphatic rings. The average molecular weight is 302 g/mol. The van der Waals surface area contributed by atoms with Crippen LogP contribution < -0.4 is 5.32 Å².